The van der Waals surface area contributed by atoms with Gasteiger partial charge in [-0.2, -0.15) is 13.2 Å². The Bertz CT molecular complexity index is 1390. The summed E-state index contributed by atoms with van der Waals surface area (Å²) < 4.78 is 95.3. The molecule has 0 unspecified atom stereocenters. The highest BCUT2D eigenvalue weighted by molar-refractivity contribution is 6.02. The van der Waals surface area contributed by atoms with E-state index in [1.807, 2.05) is 0 Å². The molecule has 0 spiro atoms. The molecule has 3 aromatic rings. The van der Waals surface area contributed by atoms with Crippen molar-refractivity contribution in [2.24, 2.45) is 0 Å². The van der Waals surface area contributed by atoms with Gasteiger partial charge < -0.3 is 25.4 Å². The van der Waals surface area contributed by atoms with Crippen LogP contribution in [0.2, 0.25) is 0 Å². The third kappa shape index (κ3) is 6.29. The molecule has 1 aliphatic rings. The fourth-order valence-electron chi connectivity index (χ4n) is 4.65. The van der Waals surface area contributed by atoms with Crippen LogP contribution in [0.1, 0.15) is 25.0 Å². The van der Waals surface area contributed by atoms with Crippen molar-refractivity contribution < 1.29 is 45.4 Å². The molecule has 0 bridgehead atoms. The number of phenolic OH excluding ortho intramolecular Hbond substituents is 1. The SMILES string of the molecule is CC1(C)CN(c2ccccc2NC(=O)Nc2ccc(OC(F)(F)F)cc2)c2c(O)c(F)cc(CC(F)(F)F)c21. The highest BCUT2D eigenvalue weighted by Crippen LogP contribution is 2.53. The van der Waals surface area contributed by atoms with Crippen LogP contribution in [0.15, 0.2) is 54.6 Å². The van der Waals surface area contributed by atoms with Gasteiger partial charge >= 0.3 is 18.6 Å². The quantitative estimate of drug-likeness (QED) is 0.283. The van der Waals surface area contributed by atoms with Crippen LogP contribution < -0.4 is 20.3 Å². The van der Waals surface area contributed by atoms with Crippen LogP contribution in [0.5, 0.6) is 11.5 Å². The lowest BCUT2D eigenvalue weighted by Gasteiger charge is -2.25. The van der Waals surface area contributed by atoms with E-state index in [1.54, 1.807) is 26.0 Å². The fourth-order valence-corrected chi connectivity index (χ4v) is 4.65. The van der Waals surface area contributed by atoms with E-state index in [0.29, 0.717) is 6.07 Å². The van der Waals surface area contributed by atoms with E-state index in [4.69, 9.17) is 0 Å². The number of carbonyl (C=O) groups excluding carboxylic acids is 1. The number of amides is 2. The number of aromatic hydroxyl groups is 1. The van der Waals surface area contributed by atoms with Gasteiger partial charge in [0, 0.05) is 17.6 Å². The molecule has 0 fully saturated rings. The second kappa shape index (κ2) is 9.86. The maximum atomic E-state index is 14.6. The minimum absolute atomic E-state index is 0.0607. The average Bonchev–Trinajstić information content (AvgIpc) is 3.08. The van der Waals surface area contributed by atoms with Crippen molar-refractivity contribution in [1.82, 2.24) is 0 Å². The second-order valence-electron chi connectivity index (χ2n) is 9.52. The van der Waals surface area contributed by atoms with E-state index in [1.165, 1.54) is 29.2 Å². The van der Waals surface area contributed by atoms with Crippen molar-refractivity contribution in [3.8, 4) is 11.5 Å². The average molecular weight is 557 g/mol. The van der Waals surface area contributed by atoms with Gasteiger partial charge in [-0.1, -0.05) is 26.0 Å². The zero-order valence-corrected chi connectivity index (χ0v) is 20.5. The number of anilines is 4. The van der Waals surface area contributed by atoms with E-state index in [9.17, 15) is 40.6 Å². The number of rotatable bonds is 5. The Kier molecular flexibility index (Phi) is 7.04. The highest BCUT2D eigenvalue weighted by atomic mass is 19.4. The molecular formula is C26H22F7N3O3. The van der Waals surface area contributed by atoms with Crippen LogP contribution >= 0.6 is 0 Å². The summed E-state index contributed by atoms with van der Waals surface area (Å²) in [7, 11) is 0. The Morgan fingerprint density at radius 3 is 2.28 bits per heavy atom. The molecule has 0 atom stereocenters. The lowest BCUT2D eigenvalue weighted by molar-refractivity contribution is -0.274. The molecule has 4 rings (SSSR count). The molecule has 6 nitrogen and oxygen atoms in total. The number of urea groups is 1. The molecule has 0 aromatic heterocycles. The molecule has 3 aromatic carbocycles. The molecule has 0 aliphatic carbocycles. The van der Waals surface area contributed by atoms with Crippen molar-refractivity contribution in [1.29, 1.82) is 0 Å². The number of benzene rings is 3. The predicted octanol–water partition coefficient (Wildman–Crippen LogP) is 7.61. The smallest absolute Gasteiger partial charge is 0.503 e. The van der Waals surface area contributed by atoms with Gasteiger partial charge in [0.1, 0.15) is 5.75 Å². The van der Waals surface area contributed by atoms with Gasteiger partial charge in [-0.05, 0) is 53.6 Å². The van der Waals surface area contributed by atoms with Gasteiger partial charge in [0.05, 0.1) is 23.5 Å². The topological polar surface area (TPSA) is 73.8 Å². The first-order valence-electron chi connectivity index (χ1n) is 11.5. The molecule has 13 heteroatoms. The molecule has 1 heterocycles. The number of ether oxygens (including phenoxy) is 1. The first kappa shape index (κ1) is 27.9. The number of nitrogens with zero attached hydrogens (tertiary/aromatic N) is 1. The van der Waals surface area contributed by atoms with Gasteiger partial charge in [0.2, 0.25) is 0 Å². The van der Waals surface area contributed by atoms with Gasteiger partial charge in [0.25, 0.3) is 0 Å². The minimum atomic E-state index is -4.87. The molecule has 0 radical (unpaired) electrons. The Balaban J connectivity index is 1.63. The number of alkyl halides is 6. The molecular weight excluding hydrogens is 535 g/mol. The van der Waals surface area contributed by atoms with Crippen molar-refractivity contribution in [3.63, 3.8) is 0 Å². The predicted molar refractivity (Wildman–Crippen MR) is 130 cm³/mol. The van der Waals surface area contributed by atoms with Gasteiger partial charge in [-0.15, -0.1) is 13.2 Å². The van der Waals surface area contributed by atoms with Gasteiger partial charge in [-0.25, -0.2) is 9.18 Å². The maximum Gasteiger partial charge on any atom is 0.573 e. The summed E-state index contributed by atoms with van der Waals surface area (Å²) in [6, 6.07) is 10.5. The lowest BCUT2D eigenvalue weighted by Crippen LogP contribution is -2.27. The van der Waals surface area contributed by atoms with Gasteiger partial charge in [-0.3, -0.25) is 0 Å². The number of hydrogen-bond donors (Lipinski definition) is 3. The van der Waals surface area contributed by atoms with Crippen molar-refractivity contribution in [2.75, 3.05) is 22.1 Å². The van der Waals surface area contributed by atoms with E-state index in [2.05, 4.69) is 15.4 Å². The van der Waals surface area contributed by atoms with Crippen molar-refractivity contribution in [3.05, 3.63) is 71.5 Å². The monoisotopic (exact) mass is 557 g/mol. The highest BCUT2D eigenvalue weighted by Gasteiger charge is 2.43. The molecule has 39 heavy (non-hydrogen) atoms. The number of hydrogen-bond acceptors (Lipinski definition) is 4. The van der Waals surface area contributed by atoms with Crippen molar-refractivity contribution >= 4 is 28.8 Å². The fraction of sp³-hybridized carbons (Fsp3) is 0.269. The third-order valence-electron chi connectivity index (χ3n) is 5.99. The Hall–Kier alpha value is -4.16. The van der Waals surface area contributed by atoms with Crippen LogP contribution in [-0.4, -0.2) is 30.2 Å². The number of phenols is 1. The summed E-state index contributed by atoms with van der Waals surface area (Å²) in [5, 5.41) is 15.6. The summed E-state index contributed by atoms with van der Waals surface area (Å²) in [4.78, 5) is 14.1. The first-order chi connectivity index (χ1) is 18.0. The summed E-state index contributed by atoms with van der Waals surface area (Å²) in [6.07, 6.45) is -10.9. The molecule has 3 N–H and O–H groups in total. The summed E-state index contributed by atoms with van der Waals surface area (Å²) in [6.45, 7) is 3.39. The number of carbonyl (C=O) groups is 1. The summed E-state index contributed by atoms with van der Waals surface area (Å²) in [5.41, 5.74) is -0.640. The van der Waals surface area contributed by atoms with E-state index >= 15 is 0 Å². The number of halogens is 7. The molecule has 208 valence electrons. The number of para-hydroxylation sites is 2. The van der Waals surface area contributed by atoms with Crippen LogP contribution in [0.25, 0.3) is 0 Å². The number of nitrogens with one attached hydrogen (secondary N) is 2. The summed E-state index contributed by atoms with van der Waals surface area (Å²) in [5.74, 6) is -2.51. The number of fused-ring (bicyclic) bond motifs is 1. The molecule has 0 saturated heterocycles. The second-order valence-corrected chi connectivity index (χ2v) is 9.52. The van der Waals surface area contributed by atoms with Crippen LogP contribution in [0, 0.1) is 5.82 Å². The minimum Gasteiger partial charge on any atom is -0.503 e. The Morgan fingerprint density at radius 1 is 1.03 bits per heavy atom. The largest absolute Gasteiger partial charge is 0.573 e. The zero-order valence-electron chi connectivity index (χ0n) is 20.5. The van der Waals surface area contributed by atoms with Crippen LogP contribution in [0.4, 0.5) is 58.3 Å². The standard InChI is InChI=1S/C26H22F7N3O3/c1-24(2)13-36(21-20(24)14(12-25(28,29)30)11-17(27)22(21)37)19-6-4-3-5-18(19)35-23(38)34-15-7-9-16(10-8-15)39-26(31,32)33/h3-11,37H,12-13H2,1-2H3,(H2,34,35,38). The Morgan fingerprint density at radius 2 is 1.67 bits per heavy atom. The molecule has 2 amide bonds. The molecule has 1 aliphatic heterocycles. The van der Waals surface area contributed by atoms with Crippen molar-refractivity contribution in [2.45, 2.75) is 38.2 Å². The normalized spacial score (nSPS) is 14.6. The summed E-state index contributed by atoms with van der Waals surface area (Å²) >= 11 is 0. The van der Waals surface area contributed by atoms with Crippen LogP contribution in [-0.2, 0) is 11.8 Å². The van der Waals surface area contributed by atoms with Gasteiger partial charge in [0.15, 0.2) is 11.6 Å². The van der Waals surface area contributed by atoms with E-state index in [-0.39, 0.29) is 40.4 Å². The van der Waals surface area contributed by atoms with Crippen LogP contribution in [0.3, 0.4) is 0 Å². The maximum absolute atomic E-state index is 14.6. The first-order valence-corrected chi connectivity index (χ1v) is 11.5. The lowest BCUT2D eigenvalue weighted by atomic mass is 9.82. The van der Waals surface area contributed by atoms with E-state index < -0.39 is 47.7 Å². The zero-order chi connectivity index (χ0) is 28.8. The third-order valence-corrected chi connectivity index (χ3v) is 5.99. The van der Waals surface area contributed by atoms with E-state index in [0.717, 1.165) is 12.1 Å². The Labute approximate surface area is 218 Å². The molecule has 0 saturated carbocycles.